The second-order valence-corrected chi connectivity index (χ2v) is 3.86. The van der Waals surface area contributed by atoms with Gasteiger partial charge in [-0.3, -0.25) is 9.63 Å². The number of unbranched alkanes of at least 4 members (excludes halogenated alkanes) is 2. The Morgan fingerprint density at radius 2 is 2.07 bits per heavy atom. The second-order valence-electron chi connectivity index (χ2n) is 3.86. The van der Waals surface area contributed by atoms with Crippen molar-refractivity contribution in [2.45, 2.75) is 59.0 Å². The van der Waals surface area contributed by atoms with Crippen LogP contribution in [0.4, 0.5) is 0 Å². The van der Waals surface area contributed by atoms with E-state index < -0.39 is 0 Å². The molecule has 0 aliphatic rings. The topological polar surface area (TPSA) is 38.3 Å². The minimum atomic E-state index is -0.232. The normalized spacial score (nSPS) is 12.2. The van der Waals surface area contributed by atoms with E-state index in [9.17, 15) is 4.79 Å². The maximum atomic E-state index is 11.2. The fourth-order valence-electron chi connectivity index (χ4n) is 1.19. The summed E-state index contributed by atoms with van der Waals surface area (Å²) in [5.74, 6) is -0.232. The van der Waals surface area contributed by atoms with Crippen LogP contribution in [-0.4, -0.2) is 12.0 Å². The molecule has 1 amide bonds. The third-order valence-corrected chi connectivity index (χ3v) is 2.29. The van der Waals surface area contributed by atoms with Gasteiger partial charge < -0.3 is 0 Å². The minimum Gasteiger partial charge on any atom is -0.270 e. The molecule has 1 N–H and O–H groups in total. The van der Waals surface area contributed by atoms with E-state index in [1.54, 1.807) is 6.92 Å². The van der Waals surface area contributed by atoms with Gasteiger partial charge in [-0.25, -0.2) is 5.48 Å². The van der Waals surface area contributed by atoms with Crippen molar-refractivity contribution in [3.63, 3.8) is 0 Å². The van der Waals surface area contributed by atoms with Crippen LogP contribution in [0.15, 0.2) is 12.2 Å². The molecular formula is C12H23NO2. The Morgan fingerprint density at radius 1 is 1.40 bits per heavy atom. The van der Waals surface area contributed by atoms with Crippen LogP contribution in [0.3, 0.4) is 0 Å². The van der Waals surface area contributed by atoms with E-state index in [0.29, 0.717) is 5.57 Å². The van der Waals surface area contributed by atoms with Gasteiger partial charge in [-0.1, -0.05) is 39.7 Å². The first kappa shape index (κ1) is 14.2. The number of carbonyl (C=O) groups excluding carboxylic acids is 1. The number of hydroxylamine groups is 1. The third kappa shape index (κ3) is 7.14. The molecule has 0 bridgehead atoms. The Balaban J connectivity index is 3.69. The van der Waals surface area contributed by atoms with Gasteiger partial charge in [0.25, 0.3) is 5.91 Å². The summed E-state index contributed by atoms with van der Waals surface area (Å²) in [6.45, 7) is 9.44. The van der Waals surface area contributed by atoms with Gasteiger partial charge in [-0.2, -0.15) is 0 Å². The van der Waals surface area contributed by atoms with E-state index in [1.165, 1.54) is 12.8 Å². The van der Waals surface area contributed by atoms with Gasteiger partial charge in [-0.05, 0) is 19.8 Å². The van der Waals surface area contributed by atoms with Crippen LogP contribution in [0.5, 0.6) is 0 Å². The molecule has 1 atom stereocenters. The first-order valence-corrected chi connectivity index (χ1v) is 5.73. The maximum absolute atomic E-state index is 11.2. The van der Waals surface area contributed by atoms with E-state index in [0.717, 1.165) is 19.3 Å². The van der Waals surface area contributed by atoms with Gasteiger partial charge in [0.2, 0.25) is 0 Å². The van der Waals surface area contributed by atoms with Gasteiger partial charge in [-0.15, -0.1) is 0 Å². The van der Waals surface area contributed by atoms with Crippen molar-refractivity contribution in [3.05, 3.63) is 12.2 Å². The van der Waals surface area contributed by atoms with E-state index in [-0.39, 0.29) is 12.0 Å². The highest BCUT2D eigenvalue weighted by atomic mass is 16.7. The summed E-state index contributed by atoms with van der Waals surface area (Å²) in [6.07, 6.45) is 5.61. The zero-order valence-corrected chi connectivity index (χ0v) is 10.1. The fraction of sp³-hybridized carbons (Fsp3) is 0.750. The SMILES string of the molecule is C=C(C)C(=O)NOC(CC)CCCCC. The molecule has 0 fully saturated rings. The molecule has 0 saturated carbocycles. The molecule has 0 aromatic carbocycles. The molecule has 0 aromatic rings. The van der Waals surface area contributed by atoms with Crippen molar-refractivity contribution in [3.8, 4) is 0 Å². The summed E-state index contributed by atoms with van der Waals surface area (Å²) >= 11 is 0. The highest BCUT2D eigenvalue weighted by Gasteiger charge is 2.09. The highest BCUT2D eigenvalue weighted by Crippen LogP contribution is 2.08. The molecule has 88 valence electrons. The van der Waals surface area contributed by atoms with Crippen molar-refractivity contribution in [2.75, 3.05) is 0 Å². The Labute approximate surface area is 92.8 Å². The second kappa shape index (κ2) is 8.48. The van der Waals surface area contributed by atoms with Crippen LogP contribution in [0.2, 0.25) is 0 Å². The van der Waals surface area contributed by atoms with Crippen LogP contribution in [-0.2, 0) is 9.63 Å². The largest absolute Gasteiger partial charge is 0.270 e. The molecule has 0 rings (SSSR count). The standard InChI is InChI=1S/C12H23NO2/c1-5-7-8-9-11(6-2)15-13-12(14)10(3)4/h11H,3,5-9H2,1-2,4H3,(H,13,14). The van der Waals surface area contributed by atoms with Crippen molar-refractivity contribution in [1.29, 1.82) is 0 Å². The molecule has 0 saturated heterocycles. The van der Waals surface area contributed by atoms with Crippen molar-refractivity contribution in [1.82, 2.24) is 5.48 Å². The summed E-state index contributed by atoms with van der Waals surface area (Å²) in [6, 6.07) is 0. The molecule has 0 radical (unpaired) electrons. The van der Waals surface area contributed by atoms with E-state index in [1.807, 2.05) is 0 Å². The number of amides is 1. The Kier molecular flexibility index (Phi) is 8.01. The number of rotatable bonds is 8. The van der Waals surface area contributed by atoms with Crippen LogP contribution in [0.25, 0.3) is 0 Å². The molecule has 3 heteroatoms. The molecule has 0 aromatic heterocycles. The lowest BCUT2D eigenvalue weighted by molar-refractivity contribution is -0.135. The van der Waals surface area contributed by atoms with E-state index in [4.69, 9.17) is 4.84 Å². The monoisotopic (exact) mass is 213 g/mol. The third-order valence-electron chi connectivity index (χ3n) is 2.29. The lowest BCUT2D eigenvalue weighted by atomic mass is 10.1. The predicted molar refractivity (Wildman–Crippen MR) is 62.3 cm³/mol. The summed E-state index contributed by atoms with van der Waals surface area (Å²) in [4.78, 5) is 16.5. The molecule has 0 aliphatic carbocycles. The van der Waals surface area contributed by atoms with Gasteiger partial charge in [0.15, 0.2) is 0 Å². The summed E-state index contributed by atoms with van der Waals surface area (Å²) in [7, 11) is 0. The van der Waals surface area contributed by atoms with Gasteiger partial charge in [0.05, 0.1) is 6.10 Å². The predicted octanol–water partition coefficient (Wildman–Crippen LogP) is 2.97. The lowest BCUT2D eigenvalue weighted by Crippen LogP contribution is -2.29. The quantitative estimate of drug-likeness (QED) is 0.382. The average molecular weight is 213 g/mol. The molecule has 15 heavy (non-hydrogen) atoms. The van der Waals surface area contributed by atoms with E-state index in [2.05, 4.69) is 25.9 Å². The fourth-order valence-corrected chi connectivity index (χ4v) is 1.19. The molecular weight excluding hydrogens is 190 g/mol. The van der Waals surface area contributed by atoms with Crippen molar-refractivity contribution in [2.24, 2.45) is 0 Å². The summed E-state index contributed by atoms with van der Waals surface area (Å²) in [5, 5.41) is 0. The number of nitrogens with one attached hydrogen (secondary N) is 1. The number of hydrogen-bond donors (Lipinski definition) is 1. The molecule has 0 heterocycles. The smallest absolute Gasteiger partial charge is 0.269 e. The van der Waals surface area contributed by atoms with Crippen LogP contribution in [0, 0.1) is 0 Å². The van der Waals surface area contributed by atoms with E-state index >= 15 is 0 Å². The Morgan fingerprint density at radius 3 is 2.53 bits per heavy atom. The van der Waals surface area contributed by atoms with Crippen LogP contribution >= 0.6 is 0 Å². The molecule has 0 aliphatic heterocycles. The van der Waals surface area contributed by atoms with Crippen LogP contribution < -0.4 is 5.48 Å². The zero-order valence-electron chi connectivity index (χ0n) is 10.1. The Bertz CT molecular complexity index is 202. The van der Waals surface area contributed by atoms with Crippen molar-refractivity contribution < 1.29 is 9.63 Å². The first-order chi connectivity index (χ1) is 7.11. The highest BCUT2D eigenvalue weighted by molar-refractivity contribution is 5.91. The summed E-state index contributed by atoms with van der Waals surface area (Å²) < 4.78 is 0. The maximum Gasteiger partial charge on any atom is 0.269 e. The van der Waals surface area contributed by atoms with Gasteiger partial charge >= 0.3 is 0 Å². The zero-order chi connectivity index (χ0) is 11.7. The summed E-state index contributed by atoms with van der Waals surface area (Å²) in [5.41, 5.74) is 2.89. The lowest BCUT2D eigenvalue weighted by Gasteiger charge is -2.15. The Hall–Kier alpha value is -0.830. The minimum absolute atomic E-state index is 0.125. The van der Waals surface area contributed by atoms with Crippen LogP contribution in [0.1, 0.15) is 52.9 Å². The number of hydrogen-bond acceptors (Lipinski definition) is 2. The van der Waals surface area contributed by atoms with Gasteiger partial charge in [0.1, 0.15) is 0 Å². The number of carbonyl (C=O) groups is 1. The molecule has 3 nitrogen and oxygen atoms in total. The van der Waals surface area contributed by atoms with Gasteiger partial charge in [0, 0.05) is 5.57 Å². The molecule has 0 spiro atoms. The van der Waals surface area contributed by atoms with Crippen molar-refractivity contribution >= 4 is 5.91 Å². The first-order valence-electron chi connectivity index (χ1n) is 5.73. The molecule has 1 unspecified atom stereocenters. The average Bonchev–Trinajstić information content (AvgIpc) is 2.22.